The van der Waals surface area contributed by atoms with Crippen molar-refractivity contribution in [1.82, 2.24) is 5.32 Å². The van der Waals surface area contributed by atoms with Gasteiger partial charge in [-0.3, -0.25) is 0 Å². The molecule has 0 radical (unpaired) electrons. The molecule has 1 aliphatic carbocycles. The summed E-state index contributed by atoms with van der Waals surface area (Å²) >= 11 is 0. The van der Waals surface area contributed by atoms with Crippen molar-refractivity contribution in [3.8, 4) is 0 Å². The molecule has 2 unspecified atom stereocenters. The highest BCUT2D eigenvalue weighted by molar-refractivity contribution is 5.14. The van der Waals surface area contributed by atoms with Crippen LogP contribution in [0.4, 0.5) is 0 Å². The second kappa shape index (κ2) is 1.74. The zero-order chi connectivity index (χ0) is 7.35. The van der Waals surface area contributed by atoms with Gasteiger partial charge in [0.05, 0.1) is 6.61 Å². The van der Waals surface area contributed by atoms with E-state index in [4.69, 9.17) is 5.11 Å². The molecule has 1 heterocycles. The molecule has 2 N–H and O–H groups in total. The Balaban J connectivity index is 2.07. The minimum Gasteiger partial charge on any atom is -0.395 e. The van der Waals surface area contributed by atoms with Crippen LogP contribution in [0, 0.1) is 17.3 Å². The van der Waals surface area contributed by atoms with E-state index in [0.29, 0.717) is 18.1 Å². The van der Waals surface area contributed by atoms with Crippen molar-refractivity contribution >= 4 is 0 Å². The number of hydrogen-bond acceptors (Lipinski definition) is 2. The zero-order valence-electron chi connectivity index (χ0n) is 6.59. The van der Waals surface area contributed by atoms with Crippen molar-refractivity contribution in [1.29, 1.82) is 0 Å². The van der Waals surface area contributed by atoms with E-state index >= 15 is 0 Å². The molecule has 0 spiro atoms. The van der Waals surface area contributed by atoms with Gasteiger partial charge in [-0.25, -0.2) is 0 Å². The van der Waals surface area contributed by atoms with E-state index < -0.39 is 0 Å². The quantitative estimate of drug-likeness (QED) is 0.547. The number of nitrogens with one attached hydrogen (secondary N) is 1. The van der Waals surface area contributed by atoms with Crippen LogP contribution in [0.3, 0.4) is 0 Å². The van der Waals surface area contributed by atoms with Gasteiger partial charge in [0.1, 0.15) is 0 Å². The van der Waals surface area contributed by atoms with Gasteiger partial charge < -0.3 is 10.4 Å². The maximum Gasteiger partial charge on any atom is 0.0587 e. The predicted octanol–water partition coefficient (Wildman–Crippen LogP) is 0.223. The molecule has 0 aromatic heterocycles. The maximum atomic E-state index is 8.93. The number of piperidine rings is 1. The van der Waals surface area contributed by atoms with Crippen LogP contribution in [0.2, 0.25) is 0 Å². The normalized spacial score (nSPS) is 48.9. The molecule has 2 rings (SSSR count). The van der Waals surface area contributed by atoms with Crippen LogP contribution in [0.25, 0.3) is 0 Å². The lowest BCUT2D eigenvalue weighted by Crippen LogP contribution is -2.33. The maximum absolute atomic E-state index is 8.93. The number of hydrogen-bond donors (Lipinski definition) is 2. The lowest BCUT2D eigenvalue weighted by molar-refractivity contribution is 0.226. The molecule has 58 valence electrons. The summed E-state index contributed by atoms with van der Waals surface area (Å²) in [5.74, 6) is 1.59. The van der Waals surface area contributed by atoms with Gasteiger partial charge >= 0.3 is 0 Å². The molecule has 0 aromatic carbocycles. The second-order valence-corrected chi connectivity index (χ2v) is 4.15. The fourth-order valence-corrected chi connectivity index (χ4v) is 2.56. The Labute approximate surface area is 61.6 Å². The van der Waals surface area contributed by atoms with Gasteiger partial charge in [0.15, 0.2) is 0 Å². The Hall–Kier alpha value is -0.0800. The van der Waals surface area contributed by atoms with E-state index in [1.165, 1.54) is 0 Å². The topological polar surface area (TPSA) is 32.3 Å². The SMILES string of the molecule is CC1(C)C2CNC(CO)[C@H]21. The highest BCUT2D eigenvalue weighted by Gasteiger charge is 2.63. The first-order chi connectivity index (χ1) is 4.68. The number of rotatable bonds is 1. The van der Waals surface area contributed by atoms with Gasteiger partial charge in [-0.1, -0.05) is 13.8 Å². The van der Waals surface area contributed by atoms with Crippen LogP contribution in [-0.2, 0) is 0 Å². The van der Waals surface area contributed by atoms with Crippen LogP contribution < -0.4 is 5.32 Å². The van der Waals surface area contributed by atoms with Crippen LogP contribution >= 0.6 is 0 Å². The van der Waals surface area contributed by atoms with Crippen LogP contribution in [-0.4, -0.2) is 24.3 Å². The zero-order valence-corrected chi connectivity index (χ0v) is 6.59. The fourth-order valence-electron chi connectivity index (χ4n) is 2.56. The van der Waals surface area contributed by atoms with E-state index in [9.17, 15) is 0 Å². The summed E-state index contributed by atoms with van der Waals surface area (Å²) in [6.07, 6.45) is 0. The molecular formula is C8H15NO. The molecule has 2 heteroatoms. The minimum atomic E-state index is 0.310. The van der Waals surface area contributed by atoms with Crippen molar-refractivity contribution in [2.75, 3.05) is 13.2 Å². The first-order valence-electron chi connectivity index (χ1n) is 4.02. The summed E-state index contributed by atoms with van der Waals surface area (Å²) in [6, 6.07) is 0.389. The molecule has 0 bridgehead atoms. The fraction of sp³-hybridized carbons (Fsp3) is 1.00. The highest BCUT2D eigenvalue weighted by Crippen LogP contribution is 2.62. The molecular weight excluding hydrogens is 126 g/mol. The van der Waals surface area contributed by atoms with Crippen molar-refractivity contribution in [2.45, 2.75) is 19.9 Å². The highest BCUT2D eigenvalue weighted by atomic mass is 16.3. The van der Waals surface area contributed by atoms with Crippen molar-refractivity contribution in [3.63, 3.8) is 0 Å². The predicted molar refractivity (Wildman–Crippen MR) is 39.6 cm³/mol. The average molecular weight is 141 g/mol. The van der Waals surface area contributed by atoms with E-state index in [1.54, 1.807) is 0 Å². The standard InChI is InChI=1S/C8H15NO/c1-8(2)5-3-9-6(4-10)7(5)8/h5-7,9-10H,3-4H2,1-2H3/t5?,6?,7-/m0/s1. The monoisotopic (exact) mass is 141 g/mol. The summed E-state index contributed by atoms with van der Waals surface area (Å²) in [6.45, 7) is 6.02. The van der Waals surface area contributed by atoms with Gasteiger partial charge in [0, 0.05) is 6.04 Å². The van der Waals surface area contributed by atoms with Gasteiger partial charge in [-0.05, 0) is 23.8 Å². The van der Waals surface area contributed by atoms with Crippen molar-refractivity contribution in [2.24, 2.45) is 17.3 Å². The largest absolute Gasteiger partial charge is 0.395 e. The minimum absolute atomic E-state index is 0.310. The first kappa shape index (κ1) is 6.62. The van der Waals surface area contributed by atoms with Gasteiger partial charge in [-0.2, -0.15) is 0 Å². The molecule has 10 heavy (non-hydrogen) atoms. The van der Waals surface area contributed by atoms with Crippen LogP contribution in [0.1, 0.15) is 13.8 Å². The summed E-state index contributed by atoms with van der Waals surface area (Å²) in [5, 5.41) is 12.2. The lowest BCUT2D eigenvalue weighted by Gasteiger charge is -2.15. The first-order valence-corrected chi connectivity index (χ1v) is 4.02. The van der Waals surface area contributed by atoms with Gasteiger partial charge in [0.2, 0.25) is 0 Å². The summed E-state index contributed by atoms with van der Waals surface area (Å²) in [4.78, 5) is 0. The van der Waals surface area contributed by atoms with Crippen LogP contribution in [0.5, 0.6) is 0 Å². The second-order valence-electron chi connectivity index (χ2n) is 4.15. The molecule has 0 amide bonds. The third-order valence-corrected chi connectivity index (χ3v) is 3.37. The van der Waals surface area contributed by atoms with E-state index in [0.717, 1.165) is 18.4 Å². The smallest absolute Gasteiger partial charge is 0.0587 e. The van der Waals surface area contributed by atoms with E-state index in [-0.39, 0.29) is 0 Å². The number of aliphatic hydroxyl groups is 1. The van der Waals surface area contributed by atoms with Crippen molar-refractivity contribution in [3.05, 3.63) is 0 Å². The Kier molecular flexibility index (Phi) is 1.15. The third-order valence-electron chi connectivity index (χ3n) is 3.37. The summed E-state index contributed by atoms with van der Waals surface area (Å²) in [7, 11) is 0. The van der Waals surface area contributed by atoms with Crippen LogP contribution in [0.15, 0.2) is 0 Å². The third kappa shape index (κ3) is 0.611. The molecule has 2 fully saturated rings. The summed E-state index contributed by atoms with van der Waals surface area (Å²) in [5.41, 5.74) is 0.513. The Morgan fingerprint density at radius 2 is 2.30 bits per heavy atom. The molecule has 1 aliphatic heterocycles. The Bertz CT molecular complexity index is 155. The van der Waals surface area contributed by atoms with Gasteiger partial charge in [0.25, 0.3) is 0 Å². The Morgan fingerprint density at radius 3 is 2.60 bits per heavy atom. The van der Waals surface area contributed by atoms with Crippen molar-refractivity contribution < 1.29 is 5.11 Å². The van der Waals surface area contributed by atoms with E-state index in [1.807, 2.05) is 0 Å². The lowest BCUT2D eigenvalue weighted by atomic mass is 10.0. The molecule has 1 saturated heterocycles. The average Bonchev–Trinajstić information content (AvgIpc) is 2.28. The van der Waals surface area contributed by atoms with E-state index in [2.05, 4.69) is 19.2 Å². The molecule has 2 aliphatic rings. The number of aliphatic hydroxyl groups excluding tert-OH is 1. The van der Waals surface area contributed by atoms with Gasteiger partial charge in [-0.15, -0.1) is 0 Å². The number of fused-ring (bicyclic) bond motifs is 1. The Morgan fingerprint density at radius 1 is 1.60 bits per heavy atom. The molecule has 3 atom stereocenters. The summed E-state index contributed by atoms with van der Waals surface area (Å²) < 4.78 is 0. The molecule has 0 aromatic rings. The molecule has 2 nitrogen and oxygen atoms in total. The molecule has 1 saturated carbocycles.